The Morgan fingerprint density at radius 3 is 1.22 bits per heavy atom. The molecule has 0 aliphatic carbocycles. The summed E-state index contributed by atoms with van der Waals surface area (Å²) in [5.41, 5.74) is 15.4. The summed E-state index contributed by atoms with van der Waals surface area (Å²) in [6.07, 6.45) is -0.103. The molecule has 12 atom stereocenters. The Hall–Kier alpha value is -8.26. The molecular formula is C60H79N15O16. The number of nitriles is 3. The van der Waals surface area contributed by atoms with E-state index in [1.165, 1.54) is 38.6 Å². The van der Waals surface area contributed by atoms with E-state index in [4.69, 9.17) is 64.9 Å². The van der Waals surface area contributed by atoms with E-state index in [1.807, 2.05) is 47.6 Å². The summed E-state index contributed by atoms with van der Waals surface area (Å²) in [4.78, 5) is 46.5. The highest BCUT2D eigenvalue weighted by atomic mass is 16.8. The van der Waals surface area contributed by atoms with E-state index in [1.54, 1.807) is 58.0 Å². The lowest BCUT2D eigenvalue weighted by Gasteiger charge is -2.29. The molecule has 6 aromatic heterocycles. The number of fused-ring (bicyclic) bond motifs is 5. The van der Waals surface area contributed by atoms with Crippen LogP contribution in [-0.4, -0.2) is 168 Å². The van der Waals surface area contributed by atoms with Gasteiger partial charge in [-0.1, -0.05) is 41.5 Å². The first-order chi connectivity index (χ1) is 43.3. The van der Waals surface area contributed by atoms with Crippen LogP contribution in [0.1, 0.15) is 125 Å². The molecule has 11 heterocycles. The van der Waals surface area contributed by atoms with E-state index in [0.717, 1.165) is 12.8 Å². The van der Waals surface area contributed by atoms with Gasteiger partial charge in [-0.05, 0) is 103 Å². The fraction of sp³-hybridized carbons (Fsp3) is 0.600. The van der Waals surface area contributed by atoms with Crippen molar-refractivity contribution in [3.63, 3.8) is 0 Å². The Morgan fingerprint density at radius 2 is 0.879 bits per heavy atom. The zero-order valence-corrected chi connectivity index (χ0v) is 52.3. The highest BCUT2D eigenvalue weighted by Crippen LogP contribution is 2.51. The fourth-order valence-corrected chi connectivity index (χ4v) is 11.9. The van der Waals surface area contributed by atoms with E-state index >= 15 is 0 Å². The normalized spacial score (nSPS) is 28.3. The van der Waals surface area contributed by atoms with Crippen molar-refractivity contribution >= 4 is 51.9 Å². The van der Waals surface area contributed by atoms with Gasteiger partial charge in [0.15, 0.2) is 29.0 Å². The minimum atomic E-state index is -1.90. The van der Waals surface area contributed by atoms with Crippen LogP contribution in [0.25, 0.3) is 16.6 Å². The average molecular weight is 1270 g/mol. The van der Waals surface area contributed by atoms with Gasteiger partial charge < -0.3 is 80.3 Å². The van der Waals surface area contributed by atoms with E-state index < -0.39 is 95.3 Å². The number of nitrogens with two attached hydrogens (primary N) is 3. The summed E-state index contributed by atoms with van der Waals surface area (Å²) in [7, 11) is 0. The van der Waals surface area contributed by atoms with Crippen molar-refractivity contribution in [1.29, 1.82) is 15.8 Å². The molecule has 31 heteroatoms. The van der Waals surface area contributed by atoms with Crippen LogP contribution in [0.4, 0.5) is 17.5 Å². The number of carboxylic acid groups (broad SMARTS) is 1. The average Bonchev–Trinajstić information content (AvgIpc) is 1.58. The van der Waals surface area contributed by atoms with E-state index in [9.17, 15) is 45.5 Å². The number of carbonyl (C=O) groups is 3. The molecule has 91 heavy (non-hydrogen) atoms. The van der Waals surface area contributed by atoms with E-state index in [0.29, 0.717) is 59.4 Å². The van der Waals surface area contributed by atoms with Crippen molar-refractivity contribution in [3.8, 4) is 18.2 Å². The highest BCUT2D eigenvalue weighted by molar-refractivity contribution is 5.73. The molecule has 5 aliphatic heterocycles. The maximum absolute atomic E-state index is 12.4. The molecule has 10 N–H and O–H groups in total. The zero-order valence-electron chi connectivity index (χ0n) is 52.3. The second kappa shape index (κ2) is 27.7. The summed E-state index contributed by atoms with van der Waals surface area (Å²) in [6.45, 7) is 17.9. The van der Waals surface area contributed by atoms with Crippen LogP contribution in [-0.2, 0) is 73.8 Å². The fourth-order valence-electron chi connectivity index (χ4n) is 11.9. The number of esters is 2. The van der Waals surface area contributed by atoms with Crippen molar-refractivity contribution in [2.45, 2.75) is 191 Å². The maximum Gasteiger partial charge on any atom is 0.309 e. The molecule has 0 bridgehead atoms. The smallest absolute Gasteiger partial charge is 0.309 e. The maximum atomic E-state index is 12.4. The van der Waals surface area contributed by atoms with Crippen molar-refractivity contribution in [2.24, 2.45) is 17.8 Å². The monoisotopic (exact) mass is 1270 g/mol. The molecule has 0 saturated carbocycles. The minimum Gasteiger partial charge on any atom is -0.481 e. The number of hydrogen-bond acceptors (Lipinski definition) is 27. The molecule has 0 unspecified atom stereocenters. The molecule has 11 rings (SSSR count). The predicted octanol–water partition coefficient (Wildman–Crippen LogP) is 3.51. The second-order valence-corrected chi connectivity index (χ2v) is 23.3. The van der Waals surface area contributed by atoms with Crippen molar-refractivity contribution in [2.75, 3.05) is 37.0 Å². The van der Waals surface area contributed by atoms with Gasteiger partial charge in [0.25, 0.3) is 0 Å². The van der Waals surface area contributed by atoms with Gasteiger partial charge in [-0.25, -0.2) is 28.5 Å². The molecule has 490 valence electrons. The van der Waals surface area contributed by atoms with Gasteiger partial charge >= 0.3 is 17.9 Å². The molecule has 0 spiro atoms. The molecular weight excluding hydrogens is 1190 g/mol. The largest absolute Gasteiger partial charge is 0.481 e. The van der Waals surface area contributed by atoms with E-state index in [-0.39, 0.29) is 60.9 Å². The van der Waals surface area contributed by atoms with Gasteiger partial charge in [-0.2, -0.15) is 31.1 Å². The highest BCUT2D eigenvalue weighted by Gasteiger charge is 2.67. The SMILES string of the molecule is CC1(C)O[C@H]2[C@@H](O1)[C@](C#N)(c1ccc3c(N)ncnn13)O[C@@H]2CO.CCC(CC)C(=O)O.CCC(CC)C(=O)OC[C@H]1O[C@@](C#N)(c2ccc3c(N)ncnn23)[C@@H]2OC(C)(C)O[C@@H]21.CCC(CC)C(=O)OC[C@H]1O[C@@](C#N)(c2ccc3c(N)ncnn23)[C@H](O)[C@@H]1O. The third kappa shape index (κ3) is 12.9. The molecule has 5 fully saturated rings. The summed E-state index contributed by atoms with van der Waals surface area (Å²) in [5, 5.41) is 81.6. The Morgan fingerprint density at radius 1 is 0.538 bits per heavy atom. The molecule has 6 aromatic rings. The Balaban J connectivity index is 0.000000167. The lowest BCUT2D eigenvalue weighted by atomic mass is 9.92. The zero-order chi connectivity index (χ0) is 66.5. The number of carboxylic acids is 1. The summed E-state index contributed by atoms with van der Waals surface area (Å²) < 4.78 is 57.0. The van der Waals surface area contributed by atoms with Gasteiger partial charge in [0, 0.05) is 0 Å². The minimum absolute atomic E-state index is 0.0419. The van der Waals surface area contributed by atoms with Gasteiger partial charge in [0.05, 0.1) is 41.4 Å². The molecule has 5 aliphatic rings. The van der Waals surface area contributed by atoms with Crippen LogP contribution in [0.15, 0.2) is 55.4 Å². The summed E-state index contributed by atoms with van der Waals surface area (Å²) in [5.74, 6) is -2.96. The van der Waals surface area contributed by atoms with Crippen LogP contribution >= 0.6 is 0 Å². The topological polar surface area (TPSA) is 455 Å². The van der Waals surface area contributed by atoms with Gasteiger partial charge in [0.2, 0.25) is 16.8 Å². The summed E-state index contributed by atoms with van der Waals surface area (Å²) in [6, 6.07) is 16.4. The van der Waals surface area contributed by atoms with E-state index in [2.05, 4.69) is 42.4 Å². The summed E-state index contributed by atoms with van der Waals surface area (Å²) >= 11 is 0. The van der Waals surface area contributed by atoms with Crippen molar-refractivity contribution < 1.29 is 77.4 Å². The molecule has 31 nitrogen and oxygen atoms in total. The number of anilines is 3. The number of aliphatic hydroxyl groups excluding tert-OH is 3. The second-order valence-electron chi connectivity index (χ2n) is 23.3. The Labute approximate surface area is 523 Å². The first-order valence-corrected chi connectivity index (χ1v) is 30.1. The number of carbonyl (C=O) groups excluding carboxylic acids is 2. The number of nitrogens with zero attached hydrogens (tertiary/aromatic N) is 12. The van der Waals surface area contributed by atoms with Crippen molar-refractivity contribution in [3.05, 3.63) is 72.5 Å². The molecule has 0 radical (unpaired) electrons. The standard InChI is InChI=1S/C21H27N5O5.C18H23N5O5.C15H17N5O4.C6H12O2/c1-5-12(6-2)19(27)28-9-14-16-17(31-20(3,4)30-16)21(10-22,29-14)15-8-7-13-18(23)24-11-25-26(13)15;1-3-10(4-2)17(26)27-7-12-14(24)15(25)18(8-19,28-12)13-6-5-11-16(20)21-9-22-23(11)13;1-14(2)23-11-9(5-21)22-15(6-16,12(11)24-14)10-4-3-8-13(17)18-7-19-20(8)10;1-3-5(4-2)6(7)8/h7-8,11-12,14,16-17H,5-6,9H2,1-4H3,(H2,23,24,25);5-6,9-10,12,14-15,24-25H,3-4,7H2,1-2H3,(H2,20,21,22);3-4,7,9,11-12,21H,5H2,1-2H3,(H2,17,18,19);5H,3-4H2,1-2H3,(H,7,8)/t14-,16-,17-,21+;12-,14-,15-,18+;9-,11-,12-,15+;/m111./s1. The molecule has 0 amide bonds. The first kappa shape index (κ1) is 68.6. The predicted molar refractivity (Wildman–Crippen MR) is 317 cm³/mol. The Kier molecular flexibility index (Phi) is 20.9. The number of aromatic nitrogens is 9. The number of aliphatic carboxylic acids is 1. The first-order valence-electron chi connectivity index (χ1n) is 30.1. The van der Waals surface area contributed by atoms with Crippen LogP contribution in [0.2, 0.25) is 0 Å². The lowest BCUT2D eigenvalue weighted by molar-refractivity contribution is -0.207. The number of rotatable bonds is 17. The quantitative estimate of drug-likeness (QED) is 0.0642. The van der Waals surface area contributed by atoms with Crippen LogP contribution in [0.3, 0.4) is 0 Å². The Bertz CT molecular complexity index is 3700. The van der Waals surface area contributed by atoms with Crippen LogP contribution < -0.4 is 17.2 Å². The van der Waals surface area contributed by atoms with Gasteiger partial charge in [-0.3, -0.25) is 14.4 Å². The van der Waals surface area contributed by atoms with Crippen LogP contribution in [0.5, 0.6) is 0 Å². The molecule has 5 saturated heterocycles. The lowest BCUT2D eigenvalue weighted by Crippen LogP contribution is -2.41. The van der Waals surface area contributed by atoms with Gasteiger partial charge in [0.1, 0.15) is 122 Å². The third-order valence-electron chi connectivity index (χ3n) is 16.9. The number of aliphatic hydroxyl groups is 3. The number of ether oxygens (including phenoxy) is 9. The van der Waals surface area contributed by atoms with Crippen LogP contribution in [0, 0.1) is 51.7 Å². The third-order valence-corrected chi connectivity index (χ3v) is 16.9. The number of hydrogen-bond donors (Lipinski definition) is 7. The number of nitrogen functional groups attached to an aromatic ring is 3. The van der Waals surface area contributed by atoms with Crippen molar-refractivity contribution in [1.82, 2.24) is 43.8 Å². The molecule has 0 aromatic carbocycles. The van der Waals surface area contributed by atoms with Gasteiger partial charge in [-0.15, -0.1) is 0 Å².